The average molecular weight is 367 g/mol. The first-order valence-corrected chi connectivity index (χ1v) is 8.11. The summed E-state index contributed by atoms with van der Waals surface area (Å²) >= 11 is 0. The molecule has 2 aromatic heterocycles. The smallest absolute Gasteiger partial charge is 0.338 e. The van der Waals surface area contributed by atoms with Gasteiger partial charge in [0.15, 0.2) is 5.69 Å². The molecule has 27 heavy (non-hydrogen) atoms. The minimum Gasteiger partial charge on any atom is -0.478 e. The Balaban J connectivity index is 1.97. The normalized spacial score (nSPS) is 11.2. The molecule has 0 aliphatic carbocycles. The van der Waals surface area contributed by atoms with Gasteiger partial charge in [-0.15, -0.1) is 0 Å². The molecule has 8 heteroatoms. The van der Waals surface area contributed by atoms with E-state index in [1.807, 2.05) is 24.5 Å². The van der Waals surface area contributed by atoms with Crippen molar-refractivity contribution in [2.24, 2.45) is 0 Å². The molecule has 0 unspecified atom stereocenters. The van der Waals surface area contributed by atoms with Gasteiger partial charge in [-0.25, -0.2) is 4.79 Å². The number of hydrogen-bond acceptors (Lipinski definition) is 5. The van der Waals surface area contributed by atoms with Crippen LogP contribution in [-0.4, -0.2) is 25.7 Å². The molecular formula is C19H17N3O5. The van der Waals surface area contributed by atoms with Gasteiger partial charge < -0.3 is 14.2 Å². The maximum Gasteiger partial charge on any atom is 0.338 e. The SMILES string of the molecule is Cc1noc(C=Cc2cc(C)n(-c3ccc(C(=O)O)cc3)c2C)c1[N+](=O)[O-]. The summed E-state index contributed by atoms with van der Waals surface area (Å²) in [6.45, 7) is 5.36. The summed E-state index contributed by atoms with van der Waals surface area (Å²) in [4.78, 5) is 21.6. The van der Waals surface area contributed by atoms with Gasteiger partial charge in [-0.05, 0) is 68.8 Å². The van der Waals surface area contributed by atoms with Crippen molar-refractivity contribution in [3.05, 3.63) is 74.4 Å². The van der Waals surface area contributed by atoms with E-state index in [2.05, 4.69) is 5.16 Å². The molecule has 0 saturated carbocycles. The highest BCUT2D eigenvalue weighted by Gasteiger charge is 2.22. The van der Waals surface area contributed by atoms with Gasteiger partial charge in [0.2, 0.25) is 5.76 Å². The Labute approximate surface area is 154 Å². The summed E-state index contributed by atoms with van der Waals surface area (Å²) in [5.74, 6) is -0.886. The van der Waals surface area contributed by atoms with Crippen molar-refractivity contribution >= 4 is 23.8 Å². The molecule has 8 nitrogen and oxygen atoms in total. The van der Waals surface area contributed by atoms with Crippen LogP contribution in [0.15, 0.2) is 34.9 Å². The molecule has 1 aromatic carbocycles. The standard InChI is InChI=1S/C19H17N3O5/c1-11-10-15(6-9-17-18(22(25)26)12(2)20-27-17)13(3)21(11)16-7-4-14(5-8-16)19(23)24/h4-10H,1-3H3,(H,23,24). The minimum absolute atomic E-state index is 0.0908. The number of rotatable bonds is 5. The number of nitro groups is 1. The summed E-state index contributed by atoms with van der Waals surface area (Å²) in [5, 5.41) is 23.8. The zero-order valence-electron chi connectivity index (χ0n) is 15.0. The zero-order valence-corrected chi connectivity index (χ0v) is 15.0. The maximum absolute atomic E-state index is 11.1. The number of nitrogens with zero attached hydrogens (tertiary/aromatic N) is 3. The van der Waals surface area contributed by atoms with E-state index in [0.717, 1.165) is 22.6 Å². The van der Waals surface area contributed by atoms with E-state index in [1.54, 1.807) is 30.3 Å². The Morgan fingerprint density at radius 2 is 1.89 bits per heavy atom. The van der Waals surface area contributed by atoms with E-state index >= 15 is 0 Å². The van der Waals surface area contributed by atoms with Gasteiger partial charge in [0.25, 0.3) is 0 Å². The maximum atomic E-state index is 11.1. The highest BCUT2D eigenvalue weighted by Crippen LogP contribution is 2.27. The number of hydrogen-bond donors (Lipinski definition) is 1. The van der Waals surface area contributed by atoms with Gasteiger partial charge >= 0.3 is 11.7 Å². The quantitative estimate of drug-likeness (QED) is 0.535. The molecule has 2 heterocycles. The number of carboxylic acids is 1. The molecule has 0 saturated heterocycles. The van der Waals surface area contributed by atoms with E-state index in [-0.39, 0.29) is 22.7 Å². The summed E-state index contributed by atoms with van der Waals surface area (Å²) in [5.41, 5.74) is 3.83. The fourth-order valence-corrected chi connectivity index (χ4v) is 2.99. The molecule has 3 aromatic rings. The summed E-state index contributed by atoms with van der Waals surface area (Å²) < 4.78 is 7.01. The van der Waals surface area contributed by atoms with Gasteiger partial charge in [-0.1, -0.05) is 5.16 Å². The van der Waals surface area contributed by atoms with Gasteiger partial charge in [-0.3, -0.25) is 10.1 Å². The predicted octanol–water partition coefficient (Wildman–Crippen LogP) is 4.17. The molecular weight excluding hydrogens is 350 g/mol. The zero-order chi connectivity index (χ0) is 19.7. The van der Waals surface area contributed by atoms with Crippen molar-refractivity contribution in [3.63, 3.8) is 0 Å². The molecule has 0 aliphatic rings. The number of aromatic carboxylic acids is 1. The lowest BCUT2D eigenvalue weighted by molar-refractivity contribution is -0.386. The van der Waals surface area contributed by atoms with Gasteiger partial charge in [0, 0.05) is 17.1 Å². The third kappa shape index (κ3) is 3.37. The second-order valence-electron chi connectivity index (χ2n) is 6.09. The van der Waals surface area contributed by atoms with Gasteiger partial charge in [0.1, 0.15) is 0 Å². The highest BCUT2D eigenvalue weighted by molar-refractivity contribution is 5.87. The lowest BCUT2D eigenvalue weighted by atomic mass is 10.2. The Kier molecular flexibility index (Phi) is 4.64. The van der Waals surface area contributed by atoms with Crippen LogP contribution < -0.4 is 0 Å². The fourth-order valence-electron chi connectivity index (χ4n) is 2.99. The van der Waals surface area contributed by atoms with E-state index in [4.69, 9.17) is 9.63 Å². The van der Waals surface area contributed by atoms with Crippen molar-refractivity contribution in [1.29, 1.82) is 0 Å². The van der Waals surface area contributed by atoms with Gasteiger partial charge in [-0.2, -0.15) is 0 Å². The van der Waals surface area contributed by atoms with Crippen LogP contribution in [0.5, 0.6) is 0 Å². The van der Waals surface area contributed by atoms with Crippen LogP contribution in [0.2, 0.25) is 0 Å². The van der Waals surface area contributed by atoms with E-state index in [0.29, 0.717) is 0 Å². The Hall–Kier alpha value is -3.68. The Morgan fingerprint density at radius 1 is 1.22 bits per heavy atom. The van der Waals surface area contributed by atoms with E-state index in [9.17, 15) is 14.9 Å². The van der Waals surface area contributed by atoms with Crippen molar-refractivity contribution in [2.75, 3.05) is 0 Å². The lowest BCUT2D eigenvalue weighted by Gasteiger charge is -2.09. The average Bonchev–Trinajstić information content (AvgIpc) is 3.12. The molecule has 1 N–H and O–H groups in total. The fraction of sp³-hybridized carbons (Fsp3) is 0.158. The van der Waals surface area contributed by atoms with Crippen molar-refractivity contribution < 1.29 is 19.3 Å². The molecule has 0 bridgehead atoms. The first kappa shape index (κ1) is 18.1. The Morgan fingerprint density at radius 3 is 2.48 bits per heavy atom. The summed E-state index contributed by atoms with van der Waals surface area (Å²) in [6.07, 6.45) is 3.26. The molecule has 0 radical (unpaired) electrons. The topological polar surface area (TPSA) is 111 Å². The number of carboxylic acid groups (broad SMARTS) is 1. The largest absolute Gasteiger partial charge is 0.478 e. The van der Waals surface area contributed by atoms with Gasteiger partial charge in [0.05, 0.1) is 10.5 Å². The number of carbonyl (C=O) groups is 1. The van der Waals surface area contributed by atoms with Crippen LogP contribution in [0.3, 0.4) is 0 Å². The number of aromatic nitrogens is 2. The van der Waals surface area contributed by atoms with Crippen molar-refractivity contribution in [1.82, 2.24) is 9.72 Å². The van der Waals surface area contributed by atoms with Crippen LogP contribution in [0.4, 0.5) is 5.69 Å². The van der Waals surface area contributed by atoms with Crippen LogP contribution in [0, 0.1) is 30.9 Å². The molecule has 3 rings (SSSR count). The minimum atomic E-state index is -0.977. The lowest BCUT2D eigenvalue weighted by Crippen LogP contribution is -2.01. The van der Waals surface area contributed by atoms with Crippen molar-refractivity contribution in [3.8, 4) is 5.69 Å². The third-order valence-electron chi connectivity index (χ3n) is 4.30. The van der Waals surface area contributed by atoms with E-state index in [1.165, 1.54) is 13.0 Å². The van der Waals surface area contributed by atoms with Crippen LogP contribution >= 0.6 is 0 Å². The first-order chi connectivity index (χ1) is 12.8. The summed E-state index contributed by atoms with van der Waals surface area (Å²) in [7, 11) is 0. The van der Waals surface area contributed by atoms with Crippen LogP contribution in [0.1, 0.15) is 38.8 Å². The first-order valence-electron chi connectivity index (χ1n) is 8.11. The second-order valence-corrected chi connectivity index (χ2v) is 6.09. The molecule has 0 aliphatic heterocycles. The molecule has 138 valence electrons. The third-order valence-corrected chi connectivity index (χ3v) is 4.30. The highest BCUT2D eigenvalue weighted by atomic mass is 16.6. The monoisotopic (exact) mass is 367 g/mol. The molecule has 0 fully saturated rings. The Bertz CT molecular complexity index is 1060. The number of benzene rings is 1. The molecule has 0 spiro atoms. The van der Waals surface area contributed by atoms with E-state index < -0.39 is 10.9 Å². The summed E-state index contributed by atoms with van der Waals surface area (Å²) in [6, 6.07) is 8.51. The van der Waals surface area contributed by atoms with Crippen LogP contribution in [-0.2, 0) is 0 Å². The predicted molar refractivity (Wildman–Crippen MR) is 99.0 cm³/mol. The van der Waals surface area contributed by atoms with Crippen LogP contribution in [0.25, 0.3) is 17.8 Å². The number of aryl methyl sites for hydroxylation is 2. The second kappa shape index (κ2) is 6.91. The molecule has 0 amide bonds. The van der Waals surface area contributed by atoms with Crippen molar-refractivity contribution in [2.45, 2.75) is 20.8 Å². The molecule has 0 atom stereocenters.